The Hall–Kier alpha value is -7.37. The predicted octanol–water partition coefficient (Wildman–Crippen LogP) is 10.9. The number of amides is 3. The van der Waals surface area contributed by atoms with Crippen molar-refractivity contribution >= 4 is 79.7 Å². The number of nitrogens with zero attached hydrogens (tertiary/aromatic N) is 2. The van der Waals surface area contributed by atoms with Crippen molar-refractivity contribution in [1.82, 2.24) is 15.1 Å². The highest BCUT2D eigenvalue weighted by Crippen LogP contribution is 2.66. The maximum absolute atomic E-state index is 14.1. The number of rotatable bonds is 21. The van der Waals surface area contributed by atoms with E-state index in [9.17, 15) is 52.1 Å². The predicted molar refractivity (Wildman–Crippen MR) is 370 cm³/mol. The van der Waals surface area contributed by atoms with Crippen LogP contribution in [0.2, 0.25) is 12.6 Å². The van der Waals surface area contributed by atoms with E-state index in [2.05, 4.69) is 26.1 Å². The Morgan fingerprint density at radius 1 is 0.710 bits per heavy atom. The molecule has 4 aromatic carbocycles. The molecule has 6 fully saturated rings. The van der Waals surface area contributed by atoms with E-state index in [4.69, 9.17) is 58.0 Å². The third-order valence-corrected chi connectivity index (χ3v) is 19.9. The molecule has 6 atom stereocenters. The second kappa shape index (κ2) is 32.3. The number of nitrogens with one attached hydrogen (secondary N) is 1. The maximum Gasteiger partial charge on any atom is 0.522 e. The number of esters is 1. The fourth-order valence-electron chi connectivity index (χ4n) is 12.6. The fraction of sp³-hybridized carbons (Fsp3) is 0.557. The Balaban J connectivity index is 0.000000270. The number of fused-ring (bicyclic) bond motifs is 1. The number of carboxylic acids is 2. The smallest absolute Gasteiger partial charge is 0.522 e. The lowest BCUT2D eigenvalue weighted by Gasteiger charge is -2.64. The van der Waals surface area contributed by atoms with Crippen molar-refractivity contribution < 1.29 is 104 Å². The second-order valence-electron chi connectivity index (χ2n) is 29.4. The highest BCUT2D eigenvalue weighted by atomic mass is 32.2. The van der Waals surface area contributed by atoms with Gasteiger partial charge in [0.05, 0.1) is 43.9 Å². The minimum absolute atomic E-state index is 0.00481. The molecule has 30 heteroatoms. The highest BCUT2D eigenvalue weighted by molar-refractivity contribution is 7.98. The van der Waals surface area contributed by atoms with Gasteiger partial charge in [0, 0.05) is 23.0 Å². The van der Waals surface area contributed by atoms with Crippen molar-refractivity contribution in [2.75, 3.05) is 37.7 Å². The molecule has 7 aliphatic rings. The summed E-state index contributed by atoms with van der Waals surface area (Å²) in [5.41, 5.74) is 6.76. The van der Waals surface area contributed by atoms with E-state index in [-0.39, 0.29) is 82.3 Å². The zero-order chi connectivity index (χ0) is 73.5. The molecule has 2 bridgehead atoms. The van der Waals surface area contributed by atoms with Crippen LogP contribution in [-0.4, -0.2) is 178 Å². The molecule has 23 nitrogen and oxygen atoms in total. The Labute approximate surface area is 590 Å². The van der Waals surface area contributed by atoms with Crippen LogP contribution in [0.15, 0.2) is 84.9 Å². The van der Waals surface area contributed by atoms with Crippen molar-refractivity contribution in [1.29, 1.82) is 0 Å². The van der Waals surface area contributed by atoms with E-state index in [0.717, 1.165) is 29.7 Å². The Bertz CT molecular complexity index is 3570. The average Bonchev–Trinajstić information content (AvgIpc) is 1.38. The number of aliphatic carboxylic acids is 1. The maximum atomic E-state index is 14.1. The van der Waals surface area contributed by atoms with Crippen LogP contribution < -0.4 is 29.9 Å². The molecule has 11 rings (SSSR count). The number of alkyl carbamates (subject to hydrolysis) is 1. The van der Waals surface area contributed by atoms with Gasteiger partial charge in [-0.2, -0.15) is 36.7 Å². The number of halogens is 3. The minimum atomic E-state index is -5.08. The van der Waals surface area contributed by atoms with Crippen molar-refractivity contribution in [3.8, 4) is 23.0 Å². The number of ether oxygens (including phenoxy) is 6. The van der Waals surface area contributed by atoms with Gasteiger partial charge in [0.15, 0.2) is 5.75 Å². The first kappa shape index (κ1) is 78.4. The van der Waals surface area contributed by atoms with Crippen molar-refractivity contribution in [3.05, 3.63) is 118 Å². The summed E-state index contributed by atoms with van der Waals surface area (Å²) in [6.07, 6.45) is -3.77. The van der Waals surface area contributed by atoms with Crippen LogP contribution in [0.4, 0.5) is 22.8 Å². The number of carbonyl (C=O) groups is 7. The summed E-state index contributed by atoms with van der Waals surface area (Å²) < 4.78 is 85.5. The van der Waals surface area contributed by atoms with Gasteiger partial charge in [0.1, 0.15) is 63.4 Å². The molecule has 0 unspecified atom stereocenters. The molecule has 4 aromatic rings. The van der Waals surface area contributed by atoms with Gasteiger partial charge in [-0.05, 0) is 159 Å². The number of alkyl halides is 3. The summed E-state index contributed by atoms with van der Waals surface area (Å²) in [4.78, 5) is 90.7. The summed E-state index contributed by atoms with van der Waals surface area (Å²) in [5.74, 6) is -1.40. The molecular weight excluding hydrogens is 1340 g/mol. The van der Waals surface area contributed by atoms with E-state index in [0.29, 0.717) is 73.2 Å². The van der Waals surface area contributed by atoms with Crippen LogP contribution in [0.1, 0.15) is 139 Å². The third kappa shape index (κ3) is 20.9. The molecule has 0 aromatic heterocycles. The number of thioether (sulfide) groups is 2. The van der Waals surface area contributed by atoms with Crippen molar-refractivity contribution in [2.24, 2.45) is 23.0 Å². The fourth-order valence-corrected chi connectivity index (χ4v) is 14.6. The van der Waals surface area contributed by atoms with Crippen molar-refractivity contribution in [3.63, 3.8) is 0 Å². The standard InChI is InChI=1S/C46H65BN2O11S.C22H25BN2O6S.C2HF3O2/c1-42(2,3)56-39(51)36-33(54-31-24-49(25-31)38(50)32(48-40(52)57-43(4,5)6)27-61-26-28-16-14-13-15-17-28)19-18-29(37(36)55-41(53)58-44(7,8)9)20-21-47-59-35-23-30-22-34(45(30,10)11)46(35,12)60-47;24-17(13-32-12-14-4-2-1-3-5-14)21(26)25-10-16(11-25)30-18-7-6-15-8-9-23(29)31-20(15)19(18)22(27)28;3-2(4,5)1(6)7/h13-19,30-32,34-35H,20-27H2,1-12H3,(H,48,52);1-7,16-17,29H,8-13,24H2,(H,27,28);(H,6,7)/t30-,32+,34-,35+,46-;17-;/m01./s1. The number of hydrogen-bond acceptors (Lipinski definition) is 20. The minimum Gasteiger partial charge on any atom is -0.535 e. The van der Waals surface area contributed by atoms with E-state index < -0.39 is 85.6 Å². The van der Waals surface area contributed by atoms with Crippen LogP contribution in [-0.2, 0) is 62.3 Å². The molecular formula is C70H91B2F3N4O19S2. The SMILES string of the molecule is CC(C)(C)OC(=O)N[C@H](CSCc1ccccc1)C(=O)N1CC(Oc2ccc(CCB3O[C@@H]4C[C@@H]5C[C@@H](C5(C)C)[C@]4(C)O3)c(OC(=O)OC(C)(C)C)c2C(=O)OC(C)(C)C)C1.N[C@H](CSCc1ccccc1)C(=O)N1CC(Oc2ccc3c(c2C(=O)O)OB(O)CC3)C1.O=C(O)C(F)(F)F. The number of carboxylic acid groups (broad SMARTS) is 2. The largest absolute Gasteiger partial charge is 0.535 e. The van der Waals surface area contributed by atoms with Crippen LogP contribution in [0, 0.1) is 17.3 Å². The van der Waals surface area contributed by atoms with Gasteiger partial charge in [0.25, 0.3) is 0 Å². The first-order valence-corrected chi connectivity index (χ1v) is 35.6. The number of aryl methyl sites for hydroxylation is 2. The molecule has 100 heavy (non-hydrogen) atoms. The molecule has 544 valence electrons. The molecule has 6 N–H and O–H groups in total. The third-order valence-electron chi connectivity index (χ3n) is 17.6. The van der Waals surface area contributed by atoms with Gasteiger partial charge >= 0.3 is 50.6 Å². The summed E-state index contributed by atoms with van der Waals surface area (Å²) in [6.45, 7) is 23.6. The van der Waals surface area contributed by atoms with Crippen LogP contribution in [0.25, 0.3) is 0 Å². The lowest BCUT2D eigenvalue weighted by atomic mass is 9.43. The van der Waals surface area contributed by atoms with Gasteiger partial charge in [0.2, 0.25) is 11.8 Å². The van der Waals surface area contributed by atoms with Crippen LogP contribution in [0.5, 0.6) is 23.0 Å². The Kier molecular flexibility index (Phi) is 25.3. The quantitative estimate of drug-likeness (QED) is 0.0224. The molecule has 4 heterocycles. The molecule has 3 aliphatic carbocycles. The lowest BCUT2D eigenvalue weighted by molar-refractivity contribution is -0.199. The molecule has 3 amide bonds. The second-order valence-corrected chi connectivity index (χ2v) is 31.4. The summed E-state index contributed by atoms with van der Waals surface area (Å²) in [7, 11) is -1.52. The summed E-state index contributed by atoms with van der Waals surface area (Å²) >= 11 is 3.14. The molecule has 3 saturated heterocycles. The molecule has 0 spiro atoms. The Morgan fingerprint density at radius 3 is 1.77 bits per heavy atom. The van der Waals surface area contributed by atoms with E-state index in [1.165, 1.54) is 17.3 Å². The first-order valence-electron chi connectivity index (χ1n) is 33.2. The number of carbonyl (C=O) groups excluding carboxylic acids is 5. The molecule has 3 saturated carbocycles. The summed E-state index contributed by atoms with van der Waals surface area (Å²) in [5, 5.41) is 29.3. The number of hydrogen-bond donors (Lipinski definition) is 5. The molecule has 0 radical (unpaired) electrons. The first-order chi connectivity index (χ1) is 46.7. The zero-order valence-electron chi connectivity index (χ0n) is 58.5. The van der Waals surface area contributed by atoms with Gasteiger partial charge in [-0.1, -0.05) is 86.6 Å². The van der Waals surface area contributed by atoms with Crippen molar-refractivity contribution in [2.45, 2.75) is 192 Å². The lowest BCUT2D eigenvalue weighted by Crippen LogP contribution is -2.65. The van der Waals surface area contributed by atoms with Crippen LogP contribution >= 0.6 is 23.5 Å². The van der Waals surface area contributed by atoms with Gasteiger partial charge < -0.3 is 78.5 Å². The number of aromatic carboxylic acids is 1. The number of benzene rings is 4. The van der Waals surface area contributed by atoms with Gasteiger partial charge in [-0.15, -0.1) is 0 Å². The van der Waals surface area contributed by atoms with E-state index >= 15 is 0 Å². The van der Waals surface area contributed by atoms with Gasteiger partial charge in [-0.3, -0.25) is 9.59 Å². The average molecular weight is 1440 g/mol. The topological polar surface area (TPSA) is 308 Å². The Morgan fingerprint density at radius 2 is 1.24 bits per heavy atom. The zero-order valence-corrected chi connectivity index (χ0v) is 60.1. The molecule has 4 aliphatic heterocycles. The normalized spacial score (nSPS) is 20.6. The summed E-state index contributed by atoms with van der Waals surface area (Å²) in [6, 6.07) is 25.2. The highest BCUT2D eigenvalue weighted by Gasteiger charge is 2.67. The number of likely N-dealkylation sites (tertiary alicyclic amines) is 2. The van der Waals surface area contributed by atoms with Gasteiger partial charge in [-0.25, -0.2) is 24.0 Å². The van der Waals surface area contributed by atoms with E-state index in [1.54, 1.807) is 108 Å². The van der Waals surface area contributed by atoms with E-state index in [1.807, 2.05) is 60.7 Å². The van der Waals surface area contributed by atoms with Crippen LogP contribution in [0.3, 0.4) is 0 Å². The number of nitrogens with two attached hydrogens (primary N) is 1. The monoisotopic (exact) mass is 1430 g/mol.